The van der Waals surface area contributed by atoms with Crippen molar-refractivity contribution < 1.29 is 17.5 Å². The molecule has 0 saturated heterocycles. The molecule has 0 radical (unpaired) electrons. The normalized spacial score (nSPS) is 14.7. The van der Waals surface area contributed by atoms with E-state index in [0.717, 1.165) is 0 Å². The second-order valence-electron chi connectivity index (χ2n) is 6.29. The van der Waals surface area contributed by atoms with E-state index in [1.54, 1.807) is 20.2 Å². The van der Waals surface area contributed by atoms with Crippen molar-refractivity contribution in [2.45, 2.75) is 65.0 Å². The van der Waals surface area contributed by atoms with Gasteiger partial charge in [0.25, 0.3) is 0 Å². The standard InChI is InChI=1S/C11H30O4Si3/c1-10(2)18(13-5,11(3)4)15-17(8,9)14-16(6,7)12/h10-12H,1-9H3. The summed E-state index contributed by atoms with van der Waals surface area (Å²) in [5.74, 6) is 0. The highest BCUT2D eigenvalue weighted by Crippen LogP contribution is 2.36. The van der Waals surface area contributed by atoms with Gasteiger partial charge in [-0.1, -0.05) is 27.7 Å². The lowest BCUT2D eigenvalue weighted by Gasteiger charge is -2.43. The van der Waals surface area contributed by atoms with Crippen LogP contribution in [0.25, 0.3) is 0 Å². The summed E-state index contributed by atoms with van der Waals surface area (Å²) in [6, 6.07) is 0. The summed E-state index contributed by atoms with van der Waals surface area (Å²) in [6.45, 7) is 16.1. The third kappa shape index (κ3) is 5.24. The van der Waals surface area contributed by atoms with Gasteiger partial charge in [0.2, 0.25) is 0 Å². The summed E-state index contributed by atoms with van der Waals surface area (Å²) in [7, 11) is -5.52. The summed E-state index contributed by atoms with van der Waals surface area (Å²) in [5, 5.41) is 0. The van der Waals surface area contributed by atoms with Crippen molar-refractivity contribution in [1.82, 2.24) is 0 Å². The van der Waals surface area contributed by atoms with Crippen molar-refractivity contribution >= 4 is 25.7 Å². The molecule has 0 aromatic carbocycles. The van der Waals surface area contributed by atoms with Crippen molar-refractivity contribution in [3.8, 4) is 0 Å². The first-order chi connectivity index (χ1) is 7.86. The molecule has 1 N–H and O–H groups in total. The van der Waals surface area contributed by atoms with Gasteiger partial charge in [-0.2, -0.15) is 0 Å². The Bertz CT molecular complexity index is 254. The van der Waals surface area contributed by atoms with Gasteiger partial charge in [0, 0.05) is 7.11 Å². The van der Waals surface area contributed by atoms with Crippen LogP contribution in [0.1, 0.15) is 27.7 Å². The van der Waals surface area contributed by atoms with Crippen LogP contribution < -0.4 is 0 Å². The highest BCUT2D eigenvalue weighted by atomic mass is 28.5. The van der Waals surface area contributed by atoms with Gasteiger partial charge in [0.05, 0.1) is 0 Å². The Morgan fingerprint density at radius 1 is 0.833 bits per heavy atom. The zero-order valence-corrected chi connectivity index (χ0v) is 16.3. The minimum Gasteiger partial charge on any atom is -0.416 e. The molecule has 4 nitrogen and oxygen atoms in total. The highest BCUT2D eigenvalue weighted by molar-refractivity contribution is 6.85. The summed E-state index contributed by atoms with van der Waals surface area (Å²) in [5.41, 5.74) is 0.697. The first-order valence-electron chi connectivity index (χ1n) is 6.54. The largest absolute Gasteiger partial charge is 0.416 e. The molecule has 110 valence electrons. The van der Waals surface area contributed by atoms with Gasteiger partial charge in [-0.3, -0.25) is 0 Å². The van der Waals surface area contributed by atoms with Gasteiger partial charge >= 0.3 is 25.7 Å². The van der Waals surface area contributed by atoms with E-state index >= 15 is 0 Å². The Morgan fingerprint density at radius 2 is 1.22 bits per heavy atom. The Hall–Kier alpha value is 0.491. The topological polar surface area (TPSA) is 47.9 Å². The molecule has 0 bridgehead atoms. The maximum Gasteiger partial charge on any atom is 0.334 e. The molecule has 0 spiro atoms. The average molecular weight is 311 g/mol. The molecule has 18 heavy (non-hydrogen) atoms. The molecule has 0 amide bonds. The predicted molar refractivity (Wildman–Crippen MR) is 82.3 cm³/mol. The van der Waals surface area contributed by atoms with E-state index in [1.165, 1.54) is 0 Å². The Labute approximate surface area is 115 Å². The molecule has 0 saturated carbocycles. The zero-order valence-electron chi connectivity index (χ0n) is 13.3. The quantitative estimate of drug-likeness (QED) is 0.733. The van der Waals surface area contributed by atoms with Crippen LogP contribution in [0.15, 0.2) is 0 Å². The van der Waals surface area contributed by atoms with E-state index in [9.17, 15) is 4.80 Å². The molecule has 0 atom stereocenters. The first-order valence-corrected chi connectivity index (χ1v) is 14.2. The number of hydrogen-bond acceptors (Lipinski definition) is 4. The molecule has 0 aliphatic rings. The van der Waals surface area contributed by atoms with Crippen molar-refractivity contribution in [3.05, 3.63) is 0 Å². The second kappa shape index (κ2) is 6.29. The predicted octanol–water partition coefficient (Wildman–Crippen LogP) is 3.32. The van der Waals surface area contributed by atoms with E-state index in [0.29, 0.717) is 11.1 Å². The smallest absolute Gasteiger partial charge is 0.334 e. The lowest BCUT2D eigenvalue weighted by atomic mass is 10.5. The van der Waals surface area contributed by atoms with Crippen LogP contribution in [0.4, 0.5) is 0 Å². The summed E-state index contributed by atoms with van der Waals surface area (Å²) in [4.78, 5) is 9.95. The molecule has 0 heterocycles. The third-order valence-electron chi connectivity index (χ3n) is 2.83. The van der Waals surface area contributed by atoms with Gasteiger partial charge in [-0.05, 0) is 37.3 Å². The van der Waals surface area contributed by atoms with Crippen LogP contribution in [0.5, 0.6) is 0 Å². The van der Waals surface area contributed by atoms with Crippen molar-refractivity contribution in [2.24, 2.45) is 0 Å². The van der Waals surface area contributed by atoms with E-state index in [4.69, 9.17) is 12.7 Å². The minimum atomic E-state index is -2.57. The van der Waals surface area contributed by atoms with E-state index in [-0.39, 0.29) is 0 Å². The number of hydrogen-bond donors (Lipinski definition) is 1. The summed E-state index contributed by atoms with van der Waals surface area (Å²) >= 11 is 0. The molecule has 0 aromatic heterocycles. The molecule has 0 aromatic rings. The summed E-state index contributed by atoms with van der Waals surface area (Å²) < 4.78 is 18.0. The van der Waals surface area contributed by atoms with Gasteiger partial charge in [0.1, 0.15) is 0 Å². The molecule has 0 unspecified atom stereocenters. The molecule has 7 heteroatoms. The number of rotatable bonds is 7. The van der Waals surface area contributed by atoms with Crippen LogP contribution in [0, 0.1) is 0 Å². The third-order valence-corrected chi connectivity index (χ3v) is 13.9. The maximum absolute atomic E-state index is 9.95. The Kier molecular flexibility index (Phi) is 6.47. The van der Waals surface area contributed by atoms with Crippen molar-refractivity contribution in [2.75, 3.05) is 7.11 Å². The van der Waals surface area contributed by atoms with Gasteiger partial charge < -0.3 is 17.5 Å². The Morgan fingerprint density at radius 3 is 1.44 bits per heavy atom. The molecule has 0 aliphatic carbocycles. The molecule has 0 rings (SSSR count). The average Bonchev–Trinajstić information content (AvgIpc) is 2.08. The molecule has 0 aliphatic heterocycles. The SMILES string of the molecule is CO[Si](O[Si](C)(C)O[Si](C)(C)O)(C(C)C)C(C)C. The highest BCUT2D eigenvalue weighted by Gasteiger charge is 2.50. The second-order valence-corrected chi connectivity index (χ2v) is 17.8. The summed E-state index contributed by atoms with van der Waals surface area (Å²) in [6.07, 6.45) is 0. The lowest BCUT2D eigenvalue weighted by molar-refractivity contribution is 0.237. The van der Waals surface area contributed by atoms with E-state index in [2.05, 4.69) is 27.7 Å². The van der Waals surface area contributed by atoms with E-state index < -0.39 is 25.7 Å². The first kappa shape index (κ1) is 18.5. The molecular weight excluding hydrogens is 280 g/mol. The zero-order chi connectivity index (χ0) is 14.8. The fraction of sp³-hybridized carbons (Fsp3) is 1.00. The van der Waals surface area contributed by atoms with Crippen LogP contribution in [-0.4, -0.2) is 37.6 Å². The fourth-order valence-corrected chi connectivity index (χ4v) is 15.3. The van der Waals surface area contributed by atoms with Gasteiger partial charge in [-0.15, -0.1) is 0 Å². The van der Waals surface area contributed by atoms with Gasteiger partial charge in [-0.25, -0.2) is 0 Å². The van der Waals surface area contributed by atoms with Crippen molar-refractivity contribution in [1.29, 1.82) is 0 Å². The lowest BCUT2D eigenvalue weighted by Crippen LogP contribution is -2.58. The van der Waals surface area contributed by atoms with E-state index in [1.807, 2.05) is 13.1 Å². The van der Waals surface area contributed by atoms with Crippen LogP contribution in [0.2, 0.25) is 37.3 Å². The maximum atomic E-state index is 9.95. The monoisotopic (exact) mass is 310 g/mol. The van der Waals surface area contributed by atoms with Crippen molar-refractivity contribution in [3.63, 3.8) is 0 Å². The van der Waals surface area contributed by atoms with Crippen LogP contribution in [-0.2, 0) is 12.7 Å². The fourth-order valence-electron chi connectivity index (χ4n) is 2.42. The van der Waals surface area contributed by atoms with Crippen LogP contribution >= 0.6 is 0 Å². The molecule has 0 fully saturated rings. The van der Waals surface area contributed by atoms with Gasteiger partial charge in [0.15, 0.2) is 0 Å². The Balaban J connectivity index is 5.10. The molecular formula is C11H30O4Si3. The minimum absolute atomic E-state index is 0.348. The van der Waals surface area contributed by atoms with Crippen LogP contribution in [0.3, 0.4) is 0 Å².